The van der Waals surface area contributed by atoms with Crippen LogP contribution in [0, 0.1) is 5.41 Å². The lowest BCUT2D eigenvalue weighted by atomic mass is 9.73. The van der Waals surface area contributed by atoms with Gasteiger partial charge < -0.3 is 19.5 Å². The minimum absolute atomic E-state index is 0.0689. The Hall–Kier alpha value is -2.12. The second kappa shape index (κ2) is 8.71. The SMILES string of the molecule is COCCc1nnc2n1CCC1(CC2)CCN(C(=O)Nc2ccccc2Cl)CC1. The minimum atomic E-state index is -0.0689. The third-order valence-electron chi connectivity index (χ3n) is 6.41. The number of amides is 2. The number of benzene rings is 1. The fourth-order valence-electron chi connectivity index (χ4n) is 4.49. The van der Waals surface area contributed by atoms with Crippen LogP contribution in [-0.4, -0.2) is 52.5 Å². The van der Waals surface area contributed by atoms with Crippen LogP contribution in [0.1, 0.15) is 37.3 Å². The Kier molecular flexibility index (Phi) is 6.06. The van der Waals surface area contributed by atoms with E-state index in [-0.39, 0.29) is 11.4 Å². The van der Waals surface area contributed by atoms with Crippen LogP contribution in [0.25, 0.3) is 0 Å². The molecular weight excluding hydrogens is 390 g/mol. The van der Waals surface area contributed by atoms with Crippen LogP contribution in [0.5, 0.6) is 0 Å². The van der Waals surface area contributed by atoms with Crippen LogP contribution >= 0.6 is 11.6 Å². The molecule has 4 rings (SSSR count). The summed E-state index contributed by atoms with van der Waals surface area (Å²) in [5, 5.41) is 12.3. The number of aryl methyl sites for hydroxylation is 1. The van der Waals surface area contributed by atoms with E-state index in [9.17, 15) is 4.79 Å². The molecule has 1 N–H and O–H groups in total. The normalized spacial score (nSPS) is 18.3. The summed E-state index contributed by atoms with van der Waals surface area (Å²) < 4.78 is 7.48. The maximum Gasteiger partial charge on any atom is 0.321 e. The maximum atomic E-state index is 12.7. The molecule has 0 atom stereocenters. The molecule has 2 amide bonds. The first-order valence-electron chi connectivity index (χ1n) is 10.3. The van der Waals surface area contributed by atoms with E-state index in [0.717, 1.165) is 69.8 Å². The minimum Gasteiger partial charge on any atom is -0.384 e. The summed E-state index contributed by atoms with van der Waals surface area (Å²) in [5.74, 6) is 2.11. The lowest BCUT2D eigenvalue weighted by Gasteiger charge is -2.41. The molecule has 156 valence electrons. The van der Waals surface area contributed by atoms with Crippen LogP contribution in [0.15, 0.2) is 24.3 Å². The van der Waals surface area contributed by atoms with E-state index < -0.39 is 0 Å². The van der Waals surface area contributed by atoms with Gasteiger partial charge in [-0.05, 0) is 43.2 Å². The number of anilines is 1. The molecule has 1 aromatic carbocycles. The molecule has 0 saturated carbocycles. The zero-order valence-electron chi connectivity index (χ0n) is 16.9. The fourth-order valence-corrected chi connectivity index (χ4v) is 4.67. The first-order chi connectivity index (χ1) is 14.1. The quantitative estimate of drug-likeness (QED) is 0.821. The molecule has 0 radical (unpaired) electrons. The summed E-state index contributed by atoms with van der Waals surface area (Å²) in [6, 6.07) is 7.27. The van der Waals surface area contributed by atoms with E-state index in [2.05, 4.69) is 20.1 Å². The molecule has 2 aromatic rings. The Morgan fingerprint density at radius 2 is 1.93 bits per heavy atom. The number of carbonyl (C=O) groups is 1. The maximum absolute atomic E-state index is 12.7. The molecule has 8 heteroatoms. The van der Waals surface area contributed by atoms with E-state index in [0.29, 0.717) is 17.3 Å². The van der Waals surface area contributed by atoms with Crippen molar-refractivity contribution >= 4 is 23.3 Å². The van der Waals surface area contributed by atoms with Gasteiger partial charge in [0.1, 0.15) is 11.6 Å². The Labute approximate surface area is 176 Å². The summed E-state index contributed by atoms with van der Waals surface area (Å²) in [4.78, 5) is 14.6. The highest BCUT2D eigenvalue weighted by Crippen LogP contribution is 2.41. The number of nitrogens with zero attached hydrogens (tertiary/aromatic N) is 4. The van der Waals surface area contributed by atoms with Gasteiger partial charge in [-0.3, -0.25) is 0 Å². The second-order valence-corrected chi connectivity index (χ2v) is 8.48. The van der Waals surface area contributed by atoms with Gasteiger partial charge in [0.05, 0.1) is 17.3 Å². The van der Waals surface area contributed by atoms with Gasteiger partial charge >= 0.3 is 6.03 Å². The van der Waals surface area contributed by atoms with Crippen LogP contribution in [0.4, 0.5) is 10.5 Å². The van der Waals surface area contributed by atoms with Crippen LogP contribution in [-0.2, 0) is 24.1 Å². The standard InChI is InChI=1S/C21H28ClN5O2/c1-29-15-7-19-25-24-18-6-8-21(11-14-27(18)19)9-12-26(13-10-21)20(28)23-17-5-3-2-4-16(17)22/h2-5H,6-15H2,1H3,(H,23,28). The van der Waals surface area contributed by atoms with E-state index in [4.69, 9.17) is 16.3 Å². The Bertz CT molecular complexity index is 861. The lowest BCUT2D eigenvalue weighted by Crippen LogP contribution is -2.45. The number of ether oxygens (including phenoxy) is 1. The summed E-state index contributed by atoms with van der Waals surface area (Å²) in [7, 11) is 1.71. The number of rotatable bonds is 4. The first-order valence-corrected chi connectivity index (χ1v) is 10.7. The Morgan fingerprint density at radius 1 is 1.17 bits per heavy atom. The third kappa shape index (κ3) is 4.41. The molecule has 1 aromatic heterocycles. The Morgan fingerprint density at radius 3 is 2.69 bits per heavy atom. The number of likely N-dealkylation sites (tertiary alicyclic amines) is 1. The van der Waals surface area contributed by atoms with Crippen molar-refractivity contribution in [2.45, 2.75) is 45.1 Å². The monoisotopic (exact) mass is 417 g/mol. The summed E-state index contributed by atoms with van der Waals surface area (Å²) >= 11 is 6.17. The van der Waals surface area contributed by atoms with Gasteiger partial charge in [0.15, 0.2) is 0 Å². The van der Waals surface area contributed by atoms with Crippen molar-refractivity contribution in [1.29, 1.82) is 0 Å². The van der Waals surface area contributed by atoms with E-state index >= 15 is 0 Å². The summed E-state index contributed by atoms with van der Waals surface area (Å²) in [5.41, 5.74) is 0.941. The number of aromatic nitrogens is 3. The molecule has 0 unspecified atom stereocenters. The highest BCUT2D eigenvalue weighted by molar-refractivity contribution is 6.33. The number of piperidine rings is 1. The summed E-state index contributed by atoms with van der Waals surface area (Å²) in [6.07, 6.45) is 6.01. The lowest BCUT2D eigenvalue weighted by molar-refractivity contribution is 0.105. The number of nitrogens with one attached hydrogen (secondary N) is 1. The number of halogens is 1. The molecule has 2 aliphatic rings. The fraction of sp³-hybridized carbons (Fsp3) is 0.571. The molecule has 1 spiro atoms. The molecule has 2 aliphatic heterocycles. The van der Waals surface area contributed by atoms with Gasteiger partial charge in [-0.1, -0.05) is 23.7 Å². The van der Waals surface area contributed by atoms with Crippen molar-refractivity contribution in [2.24, 2.45) is 5.41 Å². The summed E-state index contributed by atoms with van der Waals surface area (Å²) in [6.45, 7) is 3.16. The van der Waals surface area contributed by atoms with Crippen molar-refractivity contribution in [1.82, 2.24) is 19.7 Å². The number of fused-ring (bicyclic) bond motifs is 1. The van der Waals surface area contributed by atoms with Gasteiger partial charge in [0.2, 0.25) is 0 Å². The van der Waals surface area contributed by atoms with Crippen LogP contribution in [0.2, 0.25) is 5.02 Å². The van der Waals surface area contributed by atoms with Gasteiger partial charge in [-0.2, -0.15) is 0 Å². The van der Waals surface area contributed by atoms with Crippen molar-refractivity contribution in [3.8, 4) is 0 Å². The van der Waals surface area contributed by atoms with Crippen molar-refractivity contribution < 1.29 is 9.53 Å². The average molecular weight is 418 g/mol. The van der Waals surface area contributed by atoms with Crippen LogP contribution in [0.3, 0.4) is 0 Å². The van der Waals surface area contributed by atoms with E-state index in [1.165, 1.54) is 0 Å². The Balaban J connectivity index is 1.35. The molecule has 1 saturated heterocycles. The molecular formula is C21H28ClN5O2. The molecule has 0 aliphatic carbocycles. The number of methoxy groups -OCH3 is 1. The molecule has 7 nitrogen and oxygen atoms in total. The number of urea groups is 1. The zero-order chi connectivity index (χ0) is 20.3. The molecule has 0 bridgehead atoms. The van der Waals surface area contributed by atoms with Crippen molar-refractivity contribution in [3.05, 3.63) is 40.9 Å². The zero-order valence-corrected chi connectivity index (χ0v) is 17.6. The van der Waals surface area contributed by atoms with Gasteiger partial charge in [0, 0.05) is 39.6 Å². The van der Waals surface area contributed by atoms with Gasteiger partial charge in [-0.25, -0.2) is 4.79 Å². The van der Waals surface area contributed by atoms with E-state index in [1.54, 1.807) is 13.2 Å². The van der Waals surface area contributed by atoms with Crippen molar-refractivity contribution in [3.63, 3.8) is 0 Å². The third-order valence-corrected chi connectivity index (χ3v) is 6.73. The smallest absolute Gasteiger partial charge is 0.321 e. The topological polar surface area (TPSA) is 72.3 Å². The number of hydrogen-bond acceptors (Lipinski definition) is 4. The molecule has 29 heavy (non-hydrogen) atoms. The predicted molar refractivity (Wildman–Crippen MR) is 112 cm³/mol. The predicted octanol–water partition coefficient (Wildman–Crippen LogP) is 3.77. The molecule has 3 heterocycles. The van der Waals surface area contributed by atoms with Gasteiger partial charge in [0.25, 0.3) is 0 Å². The highest BCUT2D eigenvalue weighted by atomic mass is 35.5. The average Bonchev–Trinajstić information content (AvgIpc) is 3.04. The highest BCUT2D eigenvalue weighted by Gasteiger charge is 2.37. The van der Waals surface area contributed by atoms with Crippen LogP contribution < -0.4 is 5.32 Å². The second-order valence-electron chi connectivity index (χ2n) is 8.07. The van der Waals surface area contributed by atoms with E-state index in [1.807, 2.05) is 23.1 Å². The molecule has 1 fully saturated rings. The number of carbonyl (C=O) groups excluding carboxylic acids is 1. The number of hydrogen-bond donors (Lipinski definition) is 1. The van der Waals surface area contributed by atoms with Gasteiger partial charge in [-0.15, -0.1) is 10.2 Å². The largest absolute Gasteiger partial charge is 0.384 e. The van der Waals surface area contributed by atoms with Crippen molar-refractivity contribution in [2.75, 3.05) is 32.1 Å². The number of para-hydroxylation sites is 1. The first kappa shape index (κ1) is 20.2.